The van der Waals surface area contributed by atoms with E-state index in [1.165, 1.54) is 12.1 Å². The SMILES string of the molecule is CCCC[C@H](F)C(=O)O[C@H]1CC[C@H](c2ccc(-c3ccc(OCCC)c(F)c3F)cc2)CC1. The fraction of sp³-hybridized carbons (Fsp3) is 0.519. The maximum atomic E-state index is 14.6. The minimum Gasteiger partial charge on any atom is -0.490 e. The molecule has 1 fully saturated rings. The maximum Gasteiger partial charge on any atom is 0.340 e. The number of rotatable bonds is 10. The van der Waals surface area contributed by atoms with Gasteiger partial charge in [-0.25, -0.2) is 13.6 Å². The molecule has 1 aliphatic carbocycles. The fourth-order valence-corrected chi connectivity index (χ4v) is 4.27. The molecule has 1 atom stereocenters. The summed E-state index contributed by atoms with van der Waals surface area (Å²) < 4.78 is 53.4. The first-order valence-corrected chi connectivity index (χ1v) is 12.0. The number of benzene rings is 2. The Bertz CT molecular complexity index is 906. The maximum absolute atomic E-state index is 14.6. The highest BCUT2D eigenvalue weighted by Gasteiger charge is 2.28. The number of carbonyl (C=O) groups excluding carboxylic acids is 1. The summed E-state index contributed by atoms with van der Waals surface area (Å²) in [6.07, 6.45) is 3.72. The van der Waals surface area contributed by atoms with Gasteiger partial charge in [-0.05, 0) is 67.7 Å². The Labute approximate surface area is 194 Å². The normalized spacial score (nSPS) is 19.2. The van der Waals surface area contributed by atoms with Crippen LogP contribution in [0, 0.1) is 11.6 Å². The van der Waals surface area contributed by atoms with E-state index in [0.717, 1.165) is 24.8 Å². The molecular weight excluding hydrogens is 429 g/mol. The lowest BCUT2D eigenvalue weighted by Crippen LogP contribution is -2.28. The van der Waals surface area contributed by atoms with Gasteiger partial charge < -0.3 is 9.47 Å². The third-order valence-electron chi connectivity index (χ3n) is 6.23. The van der Waals surface area contributed by atoms with Gasteiger partial charge in [-0.3, -0.25) is 0 Å². The van der Waals surface area contributed by atoms with Crippen molar-refractivity contribution in [1.29, 1.82) is 0 Å². The van der Waals surface area contributed by atoms with Crippen LogP contribution < -0.4 is 4.74 Å². The van der Waals surface area contributed by atoms with E-state index in [1.807, 2.05) is 26.0 Å². The molecule has 0 amide bonds. The van der Waals surface area contributed by atoms with Crippen LogP contribution in [0.1, 0.15) is 76.7 Å². The average Bonchev–Trinajstić information content (AvgIpc) is 2.84. The standard InChI is InChI=1S/C27H33F3O3/c1-3-5-6-23(28)27(31)33-21-13-11-19(12-14-21)18-7-9-20(10-8-18)22-15-16-24(32-17-4-2)26(30)25(22)29/h7-10,15-16,19,21,23H,3-6,11-14,17H2,1-2H3/t19-,21-,23-/m0/s1. The lowest BCUT2D eigenvalue weighted by atomic mass is 9.82. The van der Waals surface area contributed by atoms with Crippen LogP contribution in [0.2, 0.25) is 0 Å². The van der Waals surface area contributed by atoms with Gasteiger partial charge in [0.15, 0.2) is 17.7 Å². The smallest absolute Gasteiger partial charge is 0.340 e. The summed E-state index contributed by atoms with van der Waals surface area (Å²) in [5.41, 5.74) is 1.90. The largest absolute Gasteiger partial charge is 0.490 e. The fourth-order valence-electron chi connectivity index (χ4n) is 4.27. The summed E-state index contributed by atoms with van der Waals surface area (Å²) >= 11 is 0. The first-order valence-electron chi connectivity index (χ1n) is 12.0. The van der Waals surface area contributed by atoms with Crippen LogP contribution in [-0.4, -0.2) is 24.9 Å². The Morgan fingerprint density at radius 2 is 1.67 bits per heavy atom. The molecule has 0 unspecified atom stereocenters. The molecule has 3 nitrogen and oxygen atoms in total. The molecule has 0 radical (unpaired) electrons. The van der Waals surface area contributed by atoms with E-state index < -0.39 is 23.8 Å². The molecule has 0 heterocycles. The average molecular weight is 463 g/mol. The predicted octanol–water partition coefficient (Wildman–Crippen LogP) is 7.52. The predicted molar refractivity (Wildman–Crippen MR) is 123 cm³/mol. The molecule has 0 aliphatic heterocycles. The molecule has 1 aliphatic rings. The summed E-state index contributed by atoms with van der Waals surface area (Å²) in [4.78, 5) is 11.9. The summed E-state index contributed by atoms with van der Waals surface area (Å²) in [7, 11) is 0. The molecule has 0 bridgehead atoms. The van der Waals surface area contributed by atoms with Crippen molar-refractivity contribution >= 4 is 5.97 Å². The van der Waals surface area contributed by atoms with Crippen LogP contribution in [0.15, 0.2) is 36.4 Å². The Balaban J connectivity index is 1.57. The van der Waals surface area contributed by atoms with Gasteiger partial charge in [0.05, 0.1) is 6.61 Å². The lowest BCUT2D eigenvalue weighted by molar-refractivity contribution is -0.157. The number of halogens is 3. The summed E-state index contributed by atoms with van der Waals surface area (Å²) in [6.45, 7) is 4.19. The highest BCUT2D eigenvalue weighted by Crippen LogP contribution is 2.36. The van der Waals surface area contributed by atoms with E-state index in [9.17, 15) is 18.0 Å². The quantitative estimate of drug-likeness (QED) is 0.343. The third kappa shape index (κ3) is 6.52. The van der Waals surface area contributed by atoms with Crippen LogP contribution in [0.5, 0.6) is 5.75 Å². The van der Waals surface area contributed by atoms with Crippen molar-refractivity contribution in [2.75, 3.05) is 6.61 Å². The van der Waals surface area contributed by atoms with Crippen molar-refractivity contribution in [2.45, 2.75) is 83.4 Å². The first-order chi connectivity index (χ1) is 15.9. The minimum absolute atomic E-state index is 0.0726. The van der Waals surface area contributed by atoms with Crippen LogP contribution in [0.3, 0.4) is 0 Å². The van der Waals surface area contributed by atoms with E-state index in [-0.39, 0.29) is 23.8 Å². The van der Waals surface area contributed by atoms with Gasteiger partial charge >= 0.3 is 5.97 Å². The molecule has 2 aromatic carbocycles. The summed E-state index contributed by atoms with van der Waals surface area (Å²) in [5, 5.41) is 0. The molecule has 0 aromatic heterocycles. The van der Waals surface area contributed by atoms with Gasteiger partial charge in [0.1, 0.15) is 6.10 Å². The summed E-state index contributed by atoms with van der Waals surface area (Å²) in [5.74, 6) is -2.40. The Kier molecular flexibility index (Phi) is 9.21. The molecule has 33 heavy (non-hydrogen) atoms. The number of hydrogen-bond donors (Lipinski definition) is 0. The van der Waals surface area contributed by atoms with Crippen molar-refractivity contribution in [1.82, 2.24) is 0 Å². The van der Waals surface area contributed by atoms with Crippen LogP contribution in [0.25, 0.3) is 11.1 Å². The van der Waals surface area contributed by atoms with Crippen molar-refractivity contribution in [3.8, 4) is 16.9 Å². The second-order valence-electron chi connectivity index (χ2n) is 8.73. The Morgan fingerprint density at radius 1 is 0.970 bits per heavy atom. The molecule has 0 spiro atoms. The van der Waals surface area contributed by atoms with Gasteiger partial charge in [-0.2, -0.15) is 4.39 Å². The van der Waals surface area contributed by atoms with Crippen molar-refractivity contribution in [3.05, 3.63) is 53.6 Å². The van der Waals surface area contributed by atoms with Crippen LogP contribution in [-0.2, 0) is 9.53 Å². The Hall–Kier alpha value is -2.50. The lowest BCUT2D eigenvalue weighted by Gasteiger charge is -2.29. The van der Waals surface area contributed by atoms with Gasteiger partial charge in [0, 0.05) is 5.56 Å². The second kappa shape index (κ2) is 12.1. The van der Waals surface area contributed by atoms with E-state index in [0.29, 0.717) is 43.8 Å². The van der Waals surface area contributed by atoms with Gasteiger partial charge in [0.2, 0.25) is 5.82 Å². The van der Waals surface area contributed by atoms with E-state index >= 15 is 0 Å². The minimum atomic E-state index is -1.53. The van der Waals surface area contributed by atoms with Gasteiger partial charge in [-0.1, -0.05) is 51.0 Å². The highest BCUT2D eigenvalue weighted by molar-refractivity contribution is 5.74. The number of alkyl halides is 1. The van der Waals surface area contributed by atoms with Crippen LogP contribution >= 0.6 is 0 Å². The molecule has 180 valence electrons. The molecule has 6 heteroatoms. The topological polar surface area (TPSA) is 35.5 Å². The molecule has 1 saturated carbocycles. The Morgan fingerprint density at radius 3 is 2.30 bits per heavy atom. The van der Waals surface area contributed by atoms with Gasteiger partial charge in [0.25, 0.3) is 0 Å². The number of esters is 1. The van der Waals surface area contributed by atoms with Crippen molar-refractivity contribution in [2.24, 2.45) is 0 Å². The highest BCUT2D eigenvalue weighted by atomic mass is 19.2. The number of ether oxygens (including phenoxy) is 2. The van der Waals surface area contributed by atoms with E-state index in [1.54, 1.807) is 12.1 Å². The van der Waals surface area contributed by atoms with Crippen molar-refractivity contribution < 1.29 is 27.4 Å². The molecule has 0 saturated heterocycles. The van der Waals surface area contributed by atoms with E-state index in [2.05, 4.69) is 0 Å². The second-order valence-corrected chi connectivity index (χ2v) is 8.73. The first kappa shape index (κ1) is 25.1. The molecule has 3 rings (SSSR count). The number of carbonyl (C=O) groups is 1. The van der Waals surface area contributed by atoms with E-state index in [4.69, 9.17) is 9.47 Å². The molecular formula is C27H33F3O3. The number of unbranched alkanes of at least 4 members (excludes halogenated alkanes) is 1. The number of hydrogen-bond acceptors (Lipinski definition) is 3. The molecule has 0 N–H and O–H groups in total. The zero-order chi connectivity index (χ0) is 23.8. The third-order valence-corrected chi connectivity index (χ3v) is 6.23. The zero-order valence-electron chi connectivity index (χ0n) is 19.4. The molecule has 2 aromatic rings. The zero-order valence-corrected chi connectivity index (χ0v) is 19.4. The summed E-state index contributed by atoms with van der Waals surface area (Å²) in [6, 6.07) is 10.5. The monoisotopic (exact) mass is 462 g/mol. The van der Waals surface area contributed by atoms with Gasteiger partial charge in [-0.15, -0.1) is 0 Å². The van der Waals surface area contributed by atoms with Crippen molar-refractivity contribution in [3.63, 3.8) is 0 Å². The van der Waals surface area contributed by atoms with Crippen LogP contribution in [0.4, 0.5) is 13.2 Å².